The van der Waals surface area contributed by atoms with Crippen LogP contribution in [0.1, 0.15) is 43.0 Å². The maximum Gasteiger partial charge on any atom is 0.191 e. The van der Waals surface area contributed by atoms with Gasteiger partial charge in [-0.25, -0.2) is 0 Å². The van der Waals surface area contributed by atoms with Gasteiger partial charge in [-0.1, -0.05) is 12.1 Å². The van der Waals surface area contributed by atoms with Crippen LogP contribution in [0.4, 0.5) is 0 Å². The van der Waals surface area contributed by atoms with Crippen molar-refractivity contribution in [3.63, 3.8) is 0 Å². The van der Waals surface area contributed by atoms with Gasteiger partial charge in [0.05, 0.1) is 25.5 Å². The van der Waals surface area contributed by atoms with Crippen LogP contribution in [-0.2, 0) is 6.54 Å². The van der Waals surface area contributed by atoms with Crippen molar-refractivity contribution >= 4 is 29.9 Å². The summed E-state index contributed by atoms with van der Waals surface area (Å²) in [6.07, 6.45) is 6.64. The fourth-order valence-electron chi connectivity index (χ4n) is 3.78. The fraction of sp³-hybridized carbons (Fsp3) is 0.522. The molecule has 8 heteroatoms. The third kappa shape index (κ3) is 7.03. The molecule has 3 rings (SSSR count). The van der Waals surface area contributed by atoms with Gasteiger partial charge in [0.25, 0.3) is 0 Å². The van der Waals surface area contributed by atoms with E-state index in [1.165, 1.54) is 12.8 Å². The number of halogens is 1. The second-order valence-corrected chi connectivity index (χ2v) is 7.77. The Labute approximate surface area is 202 Å². The number of nitrogens with one attached hydrogen (secondary N) is 2. The average Bonchev–Trinajstić information content (AvgIpc) is 3.45. The Morgan fingerprint density at radius 3 is 2.58 bits per heavy atom. The fourth-order valence-corrected chi connectivity index (χ4v) is 3.78. The molecule has 0 spiro atoms. The molecular formula is C23H35IN4O3. The summed E-state index contributed by atoms with van der Waals surface area (Å²) in [5.74, 6) is 3.25. The minimum atomic E-state index is 0. The van der Waals surface area contributed by atoms with Crippen molar-refractivity contribution in [1.29, 1.82) is 0 Å². The van der Waals surface area contributed by atoms with Gasteiger partial charge in [-0.2, -0.15) is 0 Å². The van der Waals surface area contributed by atoms with Gasteiger partial charge in [-0.3, -0.25) is 9.89 Å². The van der Waals surface area contributed by atoms with Crippen LogP contribution in [0.5, 0.6) is 11.5 Å². The number of rotatable bonds is 9. The van der Waals surface area contributed by atoms with Gasteiger partial charge in [0.2, 0.25) is 0 Å². The molecule has 2 N–H and O–H groups in total. The van der Waals surface area contributed by atoms with Gasteiger partial charge in [-0.15, -0.1) is 24.0 Å². The van der Waals surface area contributed by atoms with Crippen molar-refractivity contribution in [3.05, 3.63) is 47.9 Å². The zero-order valence-corrected chi connectivity index (χ0v) is 21.2. The monoisotopic (exact) mass is 542 g/mol. The molecule has 1 heterocycles. The van der Waals surface area contributed by atoms with E-state index in [2.05, 4.69) is 26.6 Å². The lowest BCUT2D eigenvalue weighted by molar-refractivity contribution is 0.198. The lowest BCUT2D eigenvalue weighted by atomic mass is 10.1. The number of ether oxygens (including phenoxy) is 2. The first kappa shape index (κ1) is 25.3. The van der Waals surface area contributed by atoms with E-state index in [0.717, 1.165) is 41.6 Å². The largest absolute Gasteiger partial charge is 0.493 e. The molecule has 7 nitrogen and oxygen atoms in total. The number of furan rings is 1. The molecule has 1 atom stereocenters. The van der Waals surface area contributed by atoms with Gasteiger partial charge >= 0.3 is 0 Å². The third-order valence-electron chi connectivity index (χ3n) is 5.49. The number of nitrogens with zero attached hydrogens (tertiary/aromatic N) is 2. The number of guanidine groups is 1. The zero-order valence-electron chi connectivity index (χ0n) is 18.9. The first-order valence-corrected chi connectivity index (χ1v) is 10.6. The second-order valence-electron chi connectivity index (χ2n) is 7.77. The molecule has 1 unspecified atom stereocenters. The Kier molecular flexibility index (Phi) is 10.5. The first-order valence-electron chi connectivity index (χ1n) is 10.6. The molecule has 1 fully saturated rings. The molecule has 2 aromatic rings. The number of methoxy groups -OCH3 is 1. The molecule has 31 heavy (non-hydrogen) atoms. The van der Waals surface area contributed by atoms with E-state index in [9.17, 15) is 0 Å². The summed E-state index contributed by atoms with van der Waals surface area (Å²) in [7, 11) is 7.53. The summed E-state index contributed by atoms with van der Waals surface area (Å²) in [6.45, 7) is 1.26. The minimum Gasteiger partial charge on any atom is -0.493 e. The molecule has 0 bridgehead atoms. The molecule has 1 aromatic carbocycles. The molecule has 1 aliphatic carbocycles. The van der Waals surface area contributed by atoms with Gasteiger partial charge in [-0.05, 0) is 58.0 Å². The molecule has 0 amide bonds. The number of hydrogen-bond donors (Lipinski definition) is 2. The van der Waals surface area contributed by atoms with Crippen LogP contribution in [0.2, 0.25) is 0 Å². The predicted octanol–water partition coefficient (Wildman–Crippen LogP) is 4.20. The number of likely N-dealkylation sites (N-methyl/N-ethyl adjacent to an activating group) is 1. The normalized spacial score (nSPS) is 15.5. The Balaban J connectivity index is 0.00000341. The summed E-state index contributed by atoms with van der Waals surface area (Å²) in [5.41, 5.74) is 1.05. The van der Waals surface area contributed by atoms with Crippen LogP contribution < -0.4 is 20.1 Å². The molecule has 1 aromatic heterocycles. The van der Waals surface area contributed by atoms with Crippen molar-refractivity contribution < 1.29 is 13.9 Å². The maximum atomic E-state index is 6.33. The van der Waals surface area contributed by atoms with Crippen molar-refractivity contribution in [3.8, 4) is 11.5 Å². The van der Waals surface area contributed by atoms with E-state index in [1.807, 2.05) is 38.4 Å². The maximum absolute atomic E-state index is 6.33. The summed E-state index contributed by atoms with van der Waals surface area (Å²) < 4.78 is 17.5. The number of hydrogen-bond acceptors (Lipinski definition) is 5. The van der Waals surface area contributed by atoms with Crippen molar-refractivity contribution in [2.75, 3.05) is 34.8 Å². The molecular weight excluding hydrogens is 507 g/mol. The van der Waals surface area contributed by atoms with E-state index >= 15 is 0 Å². The summed E-state index contributed by atoms with van der Waals surface area (Å²) in [6, 6.07) is 10.0. The smallest absolute Gasteiger partial charge is 0.191 e. The van der Waals surface area contributed by atoms with Crippen LogP contribution in [0, 0.1) is 0 Å². The Bertz CT molecular complexity index is 805. The van der Waals surface area contributed by atoms with Crippen molar-refractivity contribution in [1.82, 2.24) is 15.5 Å². The second kappa shape index (κ2) is 12.8. The van der Waals surface area contributed by atoms with Crippen molar-refractivity contribution in [2.45, 2.75) is 44.4 Å². The Morgan fingerprint density at radius 2 is 1.97 bits per heavy atom. The highest BCUT2D eigenvalue weighted by Gasteiger charge is 2.21. The van der Waals surface area contributed by atoms with Gasteiger partial charge in [0.1, 0.15) is 5.76 Å². The molecule has 172 valence electrons. The molecule has 0 saturated heterocycles. The Morgan fingerprint density at radius 1 is 1.19 bits per heavy atom. The lowest BCUT2D eigenvalue weighted by Crippen LogP contribution is -2.41. The van der Waals surface area contributed by atoms with Crippen LogP contribution in [0.3, 0.4) is 0 Å². The quantitative estimate of drug-likeness (QED) is 0.281. The van der Waals surface area contributed by atoms with Crippen molar-refractivity contribution in [2.24, 2.45) is 4.99 Å². The van der Waals surface area contributed by atoms with Gasteiger partial charge in [0.15, 0.2) is 17.5 Å². The third-order valence-corrected chi connectivity index (χ3v) is 5.49. The molecule has 1 aliphatic rings. The average molecular weight is 542 g/mol. The highest BCUT2D eigenvalue weighted by molar-refractivity contribution is 14.0. The van der Waals surface area contributed by atoms with Crippen LogP contribution in [0.25, 0.3) is 0 Å². The number of para-hydroxylation sites is 1. The number of benzene rings is 1. The summed E-state index contributed by atoms with van der Waals surface area (Å²) >= 11 is 0. The predicted molar refractivity (Wildman–Crippen MR) is 135 cm³/mol. The highest BCUT2D eigenvalue weighted by Crippen LogP contribution is 2.34. The van der Waals surface area contributed by atoms with Crippen LogP contribution in [-0.4, -0.2) is 51.8 Å². The molecule has 0 radical (unpaired) electrons. The lowest BCUT2D eigenvalue weighted by Gasteiger charge is -2.24. The summed E-state index contributed by atoms with van der Waals surface area (Å²) in [5, 5.41) is 6.79. The molecule has 0 aliphatic heterocycles. The first-order chi connectivity index (χ1) is 14.6. The van der Waals surface area contributed by atoms with Gasteiger partial charge in [0, 0.05) is 25.7 Å². The molecule has 1 saturated carbocycles. The Hall–Kier alpha value is -1.94. The van der Waals surface area contributed by atoms with E-state index in [-0.39, 0.29) is 36.1 Å². The summed E-state index contributed by atoms with van der Waals surface area (Å²) in [4.78, 5) is 6.48. The van der Waals surface area contributed by atoms with Crippen LogP contribution >= 0.6 is 24.0 Å². The van der Waals surface area contributed by atoms with E-state index < -0.39 is 0 Å². The van der Waals surface area contributed by atoms with E-state index in [0.29, 0.717) is 13.1 Å². The standard InChI is InChI=1S/C23H34N4O3.HI/c1-24-23(26-16-19(27(2)3)20-13-8-14-29-20)25-15-17-9-7-12-21(28-4)22(17)30-18-10-5-6-11-18;/h7-9,12-14,18-19H,5-6,10-11,15-16H2,1-4H3,(H2,24,25,26);1H. The van der Waals surface area contributed by atoms with Gasteiger partial charge < -0.3 is 24.5 Å². The zero-order chi connectivity index (χ0) is 21.3. The minimum absolute atomic E-state index is 0. The number of aliphatic imine (C=N–C) groups is 1. The van der Waals surface area contributed by atoms with Crippen LogP contribution in [0.15, 0.2) is 46.0 Å². The van der Waals surface area contributed by atoms with E-state index in [4.69, 9.17) is 13.9 Å². The topological polar surface area (TPSA) is 71.3 Å². The highest BCUT2D eigenvalue weighted by atomic mass is 127. The SMILES string of the molecule is CN=C(NCc1cccc(OC)c1OC1CCCC1)NCC(c1ccco1)N(C)C.I. The van der Waals surface area contributed by atoms with E-state index in [1.54, 1.807) is 20.4 Å².